The Bertz CT molecular complexity index is 396. The standard InChI is InChI=1S/C12H16Cl2N2O/c1-3-8(2)16-12(17)15-7-9-4-5-10(13)6-11(9)14/h4-6,8H,3,7H2,1-2H3,(H2,15,16,17). The Hall–Kier alpha value is -0.930. The van der Waals surface area contributed by atoms with Crippen molar-refractivity contribution in [3.8, 4) is 0 Å². The molecule has 0 heterocycles. The van der Waals surface area contributed by atoms with Crippen molar-refractivity contribution in [1.29, 1.82) is 0 Å². The molecular weight excluding hydrogens is 259 g/mol. The van der Waals surface area contributed by atoms with Crippen molar-refractivity contribution >= 4 is 29.2 Å². The highest BCUT2D eigenvalue weighted by molar-refractivity contribution is 6.35. The molecule has 0 radical (unpaired) electrons. The van der Waals surface area contributed by atoms with Crippen LogP contribution in [0.15, 0.2) is 18.2 Å². The SMILES string of the molecule is CCC(C)NC(=O)NCc1ccc(Cl)cc1Cl. The van der Waals surface area contributed by atoms with Gasteiger partial charge < -0.3 is 10.6 Å². The van der Waals surface area contributed by atoms with E-state index in [2.05, 4.69) is 10.6 Å². The maximum Gasteiger partial charge on any atom is 0.315 e. The fourth-order valence-corrected chi connectivity index (χ4v) is 1.69. The Kier molecular flexibility index (Phi) is 5.59. The van der Waals surface area contributed by atoms with Crippen molar-refractivity contribution in [1.82, 2.24) is 10.6 Å². The van der Waals surface area contributed by atoms with Gasteiger partial charge in [0.25, 0.3) is 0 Å². The monoisotopic (exact) mass is 274 g/mol. The Labute approximate surface area is 111 Å². The molecule has 1 aromatic carbocycles. The van der Waals surface area contributed by atoms with Crippen molar-refractivity contribution in [3.05, 3.63) is 33.8 Å². The first kappa shape index (κ1) is 14.1. The van der Waals surface area contributed by atoms with E-state index in [-0.39, 0.29) is 12.1 Å². The van der Waals surface area contributed by atoms with Crippen LogP contribution in [0.4, 0.5) is 4.79 Å². The molecule has 3 nitrogen and oxygen atoms in total. The second kappa shape index (κ2) is 6.72. The third kappa shape index (κ3) is 4.84. The van der Waals surface area contributed by atoms with Crippen LogP contribution >= 0.6 is 23.2 Å². The van der Waals surface area contributed by atoms with Crippen LogP contribution in [0.3, 0.4) is 0 Å². The summed E-state index contributed by atoms with van der Waals surface area (Å²) < 4.78 is 0. The van der Waals surface area contributed by atoms with E-state index in [1.165, 1.54) is 0 Å². The van der Waals surface area contributed by atoms with E-state index in [0.29, 0.717) is 16.6 Å². The Balaban J connectivity index is 2.47. The summed E-state index contributed by atoms with van der Waals surface area (Å²) >= 11 is 11.8. The van der Waals surface area contributed by atoms with E-state index < -0.39 is 0 Å². The molecule has 0 fully saturated rings. The number of carbonyl (C=O) groups excluding carboxylic acids is 1. The molecule has 17 heavy (non-hydrogen) atoms. The van der Waals surface area contributed by atoms with Gasteiger partial charge in [-0.2, -0.15) is 0 Å². The third-order valence-electron chi connectivity index (χ3n) is 2.44. The predicted octanol–water partition coefficient (Wildman–Crippen LogP) is 3.59. The zero-order chi connectivity index (χ0) is 12.8. The van der Waals surface area contributed by atoms with Gasteiger partial charge in [0.1, 0.15) is 0 Å². The van der Waals surface area contributed by atoms with Crippen LogP contribution in [-0.4, -0.2) is 12.1 Å². The zero-order valence-corrected chi connectivity index (χ0v) is 11.4. The number of benzene rings is 1. The molecule has 2 N–H and O–H groups in total. The van der Waals surface area contributed by atoms with Gasteiger partial charge in [-0.1, -0.05) is 36.2 Å². The summed E-state index contributed by atoms with van der Waals surface area (Å²) in [6, 6.07) is 5.18. The molecule has 0 aromatic heterocycles. The number of halogens is 2. The van der Waals surface area contributed by atoms with Crippen LogP contribution < -0.4 is 10.6 Å². The van der Waals surface area contributed by atoms with Crippen molar-refractivity contribution in [2.24, 2.45) is 0 Å². The van der Waals surface area contributed by atoms with E-state index >= 15 is 0 Å². The lowest BCUT2D eigenvalue weighted by molar-refractivity contribution is 0.237. The lowest BCUT2D eigenvalue weighted by Gasteiger charge is -2.13. The summed E-state index contributed by atoms with van der Waals surface area (Å²) in [6.07, 6.45) is 0.898. The average molecular weight is 275 g/mol. The molecule has 0 bridgehead atoms. The van der Waals surface area contributed by atoms with Crippen LogP contribution in [0.2, 0.25) is 10.0 Å². The number of carbonyl (C=O) groups is 1. The first-order chi connectivity index (χ1) is 8.02. The largest absolute Gasteiger partial charge is 0.336 e. The van der Waals surface area contributed by atoms with Crippen LogP contribution in [0.5, 0.6) is 0 Å². The lowest BCUT2D eigenvalue weighted by Crippen LogP contribution is -2.40. The summed E-state index contributed by atoms with van der Waals surface area (Å²) in [7, 11) is 0. The first-order valence-corrected chi connectivity index (χ1v) is 6.26. The maximum atomic E-state index is 11.5. The molecule has 2 amide bonds. The van der Waals surface area contributed by atoms with Gasteiger partial charge in [-0.25, -0.2) is 4.79 Å². The number of hydrogen-bond donors (Lipinski definition) is 2. The highest BCUT2D eigenvalue weighted by Crippen LogP contribution is 2.20. The average Bonchev–Trinajstić information content (AvgIpc) is 2.27. The predicted molar refractivity (Wildman–Crippen MR) is 71.6 cm³/mol. The molecule has 5 heteroatoms. The Morgan fingerprint density at radius 1 is 1.41 bits per heavy atom. The minimum Gasteiger partial charge on any atom is -0.336 e. The Morgan fingerprint density at radius 3 is 2.71 bits per heavy atom. The molecule has 0 saturated carbocycles. The second-order valence-corrected chi connectivity index (χ2v) is 4.72. The Morgan fingerprint density at radius 2 is 2.12 bits per heavy atom. The summed E-state index contributed by atoms with van der Waals surface area (Å²) in [4.78, 5) is 11.5. The summed E-state index contributed by atoms with van der Waals surface area (Å²) in [5.74, 6) is 0. The van der Waals surface area contributed by atoms with Crippen molar-refractivity contribution < 1.29 is 4.79 Å². The number of rotatable bonds is 4. The molecule has 0 spiro atoms. The molecule has 1 unspecified atom stereocenters. The molecule has 94 valence electrons. The van der Waals surface area contributed by atoms with Crippen LogP contribution in [0.25, 0.3) is 0 Å². The molecule has 0 aliphatic rings. The second-order valence-electron chi connectivity index (χ2n) is 3.87. The minimum absolute atomic E-state index is 0.163. The van der Waals surface area contributed by atoms with E-state index in [1.54, 1.807) is 18.2 Å². The van der Waals surface area contributed by atoms with Crippen molar-refractivity contribution in [3.63, 3.8) is 0 Å². The van der Waals surface area contributed by atoms with Gasteiger partial charge >= 0.3 is 6.03 Å². The molecule has 0 saturated heterocycles. The number of amides is 2. The third-order valence-corrected chi connectivity index (χ3v) is 3.03. The van der Waals surface area contributed by atoms with E-state index in [1.807, 2.05) is 13.8 Å². The van der Waals surface area contributed by atoms with Gasteiger partial charge in [0, 0.05) is 22.6 Å². The lowest BCUT2D eigenvalue weighted by atomic mass is 10.2. The van der Waals surface area contributed by atoms with Crippen LogP contribution in [0, 0.1) is 0 Å². The zero-order valence-electron chi connectivity index (χ0n) is 9.89. The number of nitrogens with one attached hydrogen (secondary N) is 2. The molecule has 1 rings (SSSR count). The summed E-state index contributed by atoms with van der Waals surface area (Å²) in [5.41, 5.74) is 0.843. The molecule has 1 aromatic rings. The summed E-state index contributed by atoms with van der Waals surface area (Å²) in [6.45, 7) is 4.36. The molecule has 1 atom stereocenters. The van der Waals surface area contributed by atoms with Gasteiger partial charge in [-0.05, 0) is 31.0 Å². The van der Waals surface area contributed by atoms with Crippen molar-refractivity contribution in [2.75, 3.05) is 0 Å². The van der Waals surface area contributed by atoms with Gasteiger partial charge in [0.05, 0.1) is 0 Å². The minimum atomic E-state index is -0.189. The molecule has 0 aliphatic carbocycles. The van der Waals surface area contributed by atoms with E-state index in [9.17, 15) is 4.79 Å². The van der Waals surface area contributed by atoms with Crippen molar-refractivity contribution in [2.45, 2.75) is 32.9 Å². The van der Waals surface area contributed by atoms with Crippen LogP contribution in [0.1, 0.15) is 25.8 Å². The number of urea groups is 1. The van der Waals surface area contributed by atoms with Gasteiger partial charge in [-0.3, -0.25) is 0 Å². The van der Waals surface area contributed by atoms with E-state index in [0.717, 1.165) is 12.0 Å². The quantitative estimate of drug-likeness (QED) is 0.866. The van der Waals surface area contributed by atoms with Gasteiger partial charge in [0.15, 0.2) is 0 Å². The normalized spacial score (nSPS) is 12.0. The molecular formula is C12H16Cl2N2O. The van der Waals surface area contributed by atoms with Crippen LogP contribution in [-0.2, 0) is 6.54 Å². The maximum absolute atomic E-state index is 11.5. The highest BCUT2D eigenvalue weighted by atomic mass is 35.5. The number of hydrogen-bond acceptors (Lipinski definition) is 1. The highest BCUT2D eigenvalue weighted by Gasteiger charge is 2.06. The fraction of sp³-hybridized carbons (Fsp3) is 0.417. The van der Waals surface area contributed by atoms with Gasteiger partial charge in [0.2, 0.25) is 0 Å². The fourth-order valence-electron chi connectivity index (χ4n) is 1.22. The first-order valence-electron chi connectivity index (χ1n) is 5.51. The van der Waals surface area contributed by atoms with E-state index in [4.69, 9.17) is 23.2 Å². The smallest absolute Gasteiger partial charge is 0.315 e. The topological polar surface area (TPSA) is 41.1 Å². The van der Waals surface area contributed by atoms with Gasteiger partial charge in [-0.15, -0.1) is 0 Å². The molecule has 0 aliphatic heterocycles. The summed E-state index contributed by atoms with van der Waals surface area (Å²) in [5, 5.41) is 6.70.